The van der Waals surface area contributed by atoms with Crippen LogP contribution in [0.1, 0.15) is 0 Å². The van der Waals surface area contributed by atoms with Crippen molar-refractivity contribution in [2.75, 3.05) is 32.1 Å². The number of nitrogens with one attached hydrogen (secondary N) is 1. The van der Waals surface area contributed by atoms with Gasteiger partial charge in [0.2, 0.25) is 0 Å². The molecule has 0 fully saturated rings. The third-order valence-corrected chi connectivity index (χ3v) is 3.70. The van der Waals surface area contributed by atoms with Crippen LogP contribution in [0.4, 0.5) is 10.1 Å². The number of esters is 1. The molecule has 3 N–H and O–H groups in total. The Morgan fingerprint density at radius 3 is 2.78 bits per heavy atom. The first-order valence-electron chi connectivity index (χ1n) is 6.55. The SMILES string of the molecule is COC(=O)C1=C(Nc2c(O)cc(Br)cc2F)C(=O)N(CCO)C1. The number of nitrogens with zero attached hydrogens (tertiary/aromatic N) is 1. The Bertz CT molecular complexity index is 669. The number of ether oxygens (including phenoxy) is 1. The van der Waals surface area contributed by atoms with Crippen LogP contribution in [0.3, 0.4) is 0 Å². The summed E-state index contributed by atoms with van der Waals surface area (Å²) in [6.45, 7) is -0.349. The molecule has 9 heteroatoms. The van der Waals surface area contributed by atoms with Gasteiger partial charge in [0.1, 0.15) is 17.1 Å². The highest BCUT2D eigenvalue weighted by molar-refractivity contribution is 9.10. The van der Waals surface area contributed by atoms with E-state index >= 15 is 0 Å². The molecule has 1 amide bonds. The van der Waals surface area contributed by atoms with Gasteiger partial charge < -0.3 is 25.2 Å². The van der Waals surface area contributed by atoms with Crippen molar-refractivity contribution in [2.45, 2.75) is 0 Å². The minimum Gasteiger partial charge on any atom is -0.506 e. The summed E-state index contributed by atoms with van der Waals surface area (Å²) >= 11 is 3.03. The Morgan fingerprint density at radius 1 is 1.52 bits per heavy atom. The number of amides is 1. The van der Waals surface area contributed by atoms with Gasteiger partial charge in [0.25, 0.3) is 5.91 Å². The fraction of sp³-hybridized carbons (Fsp3) is 0.286. The second-order valence-corrected chi connectivity index (χ2v) is 5.62. The minimum atomic E-state index is -0.804. The van der Waals surface area contributed by atoms with Gasteiger partial charge >= 0.3 is 5.97 Å². The quantitative estimate of drug-likeness (QED) is 0.513. The van der Waals surface area contributed by atoms with E-state index in [1.807, 2.05) is 0 Å². The largest absolute Gasteiger partial charge is 0.506 e. The van der Waals surface area contributed by atoms with E-state index < -0.39 is 23.4 Å². The van der Waals surface area contributed by atoms with E-state index in [2.05, 4.69) is 26.0 Å². The highest BCUT2D eigenvalue weighted by atomic mass is 79.9. The van der Waals surface area contributed by atoms with E-state index in [1.165, 1.54) is 11.0 Å². The van der Waals surface area contributed by atoms with Crippen LogP contribution >= 0.6 is 15.9 Å². The van der Waals surface area contributed by atoms with Gasteiger partial charge in [-0.2, -0.15) is 0 Å². The summed E-state index contributed by atoms with van der Waals surface area (Å²) in [7, 11) is 1.16. The van der Waals surface area contributed by atoms with Gasteiger partial charge in [-0.1, -0.05) is 15.9 Å². The summed E-state index contributed by atoms with van der Waals surface area (Å²) in [4.78, 5) is 25.3. The zero-order valence-corrected chi connectivity index (χ0v) is 13.7. The fourth-order valence-electron chi connectivity index (χ4n) is 2.16. The van der Waals surface area contributed by atoms with Crippen molar-refractivity contribution in [3.05, 3.63) is 33.7 Å². The maximum Gasteiger partial charge on any atom is 0.337 e. The van der Waals surface area contributed by atoms with Crippen LogP contribution in [0.2, 0.25) is 0 Å². The maximum absolute atomic E-state index is 14.0. The van der Waals surface area contributed by atoms with Crippen molar-refractivity contribution >= 4 is 33.5 Å². The zero-order valence-electron chi connectivity index (χ0n) is 12.1. The lowest BCUT2D eigenvalue weighted by Crippen LogP contribution is -2.31. The predicted molar refractivity (Wildman–Crippen MR) is 82.1 cm³/mol. The van der Waals surface area contributed by atoms with Crippen molar-refractivity contribution in [1.82, 2.24) is 4.90 Å². The number of aromatic hydroxyl groups is 1. The third kappa shape index (κ3) is 3.45. The lowest BCUT2D eigenvalue weighted by molar-refractivity contribution is -0.136. The number of carbonyl (C=O) groups excluding carboxylic acids is 2. The number of β-amino-alcohol motifs (C(OH)–C–C–N with tert-alkyl or cyclic N) is 1. The molecule has 7 nitrogen and oxygen atoms in total. The number of phenols is 1. The molecule has 1 aliphatic heterocycles. The lowest BCUT2D eigenvalue weighted by atomic mass is 10.2. The Morgan fingerprint density at radius 2 is 2.22 bits per heavy atom. The van der Waals surface area contributed by atoms with Gasteiger partial charge in [0.15, 0.2) is 5.82 Å². The van der Waals surface area contributed by atoms with Crippen molar-refractivity contribution in [1.29, 1.82) is 0 Å². The van der Waals surface area contributed by atoms with Crippen molar-refractivity contribution < 1.29 is 28.9 Å². The van der Waals surface area contributed by atoms with Crippen molar-refractivity contribution in [3.8, 4) is 5.75 Å². The summed E-state index contributed by atoms with van der Waals surface area (Å²) < 4.78 is 18.9. The molecule has 1 aromatic rings. The number of methoxy groups -OCH3 is 1. The molecule has 0 saturated carbocycles. The van der Waals surface area contributed by atoms with Crippen LogP contribution in [0.25, 0.3) is 0 Å². The molecule has 124 valence electrons. The van der Waals surface area contributed by atoms with Crippen molar-refractivity contribution in [3.63, 3.8) is 0 Å². The number of anilines is 1. The van der Waals surface area contributed by atoms with Crippen molar-refractivity contribution in [2.24, 2.45) is 0 Å². The van der Waals surface area contributed by atoms with Gasteiger partial charge in [-0.05, 0) is 12.1 Å². The van der Waals surface area contributed by atoms with Crippen LogP contribution < -0.4 is 5.32 Å². The standard InChI is InChI=1S/C14H14BrFN2O5/c1-23-14(22)8-6-18(2-3-19)13(21)11(8)17-12-9(16)4-7(15)5-10(12)20/h4-5,17,19-20H,2-3,6H2,1H3. The van der Waals surface area contributed by atoms with Crippen LogP contribution in [0.5, 0.6) is 5.75 Å². The summed E-state index contributed by atoms with van der Waals surface area (Å²) in [5.74, 6) is -2.58. The van der Waals surface area contributed by atoms with Crippen LogP contribution in [-0.4, -0.2) is 53.8 Å². The molecular weight excluding hydrogens is 375 g/mol. The number of hydrogen-bond acceptors (Lipinski definition) is 6. The second-order valence-electron chi connectivity index (χ2n) is 4.70. The summed E-state index contributed by atoms with van der Waals surface area (Å²) in [6, 6.07) is 2.35. The van der Waals surface area contributed by atoms with E-state index in [-0.39, 0.29) is 36.7 Å². The first kappa shape index (κ1) is 17.2. The Balaban J connectivity index is 2.41. The highest BCUT2D eigenvalue weighted by Crippen LogP contribution is 2.33. The first-order valence-corrected chi connectivity index (χ1v) is 7.35. The zero-order chi connectivity index (χ0) is 17.1. The first-order chi connectivity index (χ1) is 10.9. The average Bonchev–Trinajstić information content (AvgIpc) is 2.79. The number of carbonyl (C=O) groups is 2. The van der Waals surface area contributed by atoms with Crippen LogP contribution in [-0.2, 0) is 14.3 Å². The van der Waals surface area contributed by atoms with Crippen LogP contribution in [0.15, 0.2) is 27.9 Å². The molecule has 0 aromatic heterocycles. The van der Waals surface area contributed by atoms with E-state index in [0.717, 1.165) is 13.2 Å². The molecule has 1 aromatic carbocycles. The summed E-state index contributed by atoms with van der Waals surface area (Å²) in [5.41, 5.74) is -0.529. The lowest BCUT2D eigenvalue weighted by Gasteiger charge is -2.15. The molecule has 2 rings (SSSR count). The van der Waals surface area contributed by atoms with Gasteiger partial charge in [-0.15, -0.1) is 0 Å². The molecule has 0 radical (unpaired) electrons. The number of benzene rings is 1. The predicted octanol–water partition coefficient (Wildman–Crippen LogP) is 0.967. The van der Waals surface area contributed by atoms with E-state index in [4.69, 9.17) is 5.11 Å². The third-order valence-electron chi connectivity index (χ3n) is 3.24. The topological polar surface area (TPSA) is 99.1 Å². The van der Waals surface area contributed by atoms with Gasteiger partial charge in [0, 0.05) is 11.0 Å². The molecule has 23 heavy (non-hydrogen) atoms. The minimum absolute atomic E-state index is 0.00679. The van der Waals surface area contributed by atoms with Gasteiger partial charge in [-0.3, -0.25) is 4.79 Å². The molecule has 1 heterocycles. The molecule has 0 bridgehead atoms. The molecular formula is C14H14BrFN2O5. The number of rotatable bonds is 5. The smallest absolute Gasteiger partial charge is 0.337 e. The second kappa shape index (κ2) is 6.97. The Labute approximate surface area is 139 Å². The summed E-state index contributed by atoms with van der Waals surface area (Å²) in [5, 5.41) is 21.3. The maximum atomic E-state index is 14.0. The number of hydrogen-bond donors (Lipinski definition) is 3. The molecule has 0 atom stereocenters. The Hall–Kier alpha value is -2.13. The highest BCUT2D eigenvalue weighted by Gasteiger charge is 2.35. The molecule has 0 spiro atoms. The average molecular weight is 389 g/mol. The van der Waals surface area contributed by atoms with Gasteiger partial charge in [-0.25, -0.2) is 9.18 Å². The van der Waals surface area contributed by atoms with Gasteiger partial charge in [0.05, 0.1) is 25.8 Å². The number of aliphatic hydroxyl groups excluding tert-OH is 1. The van der Waals surface area contributed by atoms with E-state index in [0.29, 0.717) is 4.47 Å². The monoisotopic (exact) mass is 388 g/mol. The molecule has 0 unspecified atom stereocenters. The van der Waals surface area contributed by atoms with E-state index in [9.17, 15) is 19.1 Å². The number of halogens is 2. The van der Waals surface area contributed by atoms with E-state index in [1.54, 1.807) is 0 Å². The fourth-order valence-corrected chi connectivity index (χ4v) is 2.58. The normalized spacial score (nSPS) is 14.4. The molecule has 0 aliphatic carbocycles. The molecule has 1 aliphatic rings. The number of phenolic OH excluding ortho intramolecular Hbond substituents is 1. The van der Waals surface area contributed by atoms with Crippen LogP contribution in [0, 0.1) is 5.82 Å². The molecule has 0 saturated heterocycles. The Kier molecular flexibility index (Phi) is 5.22. The summed E-state index contributed by atoms with van der Waals surface area (Å²) in [6.07, 6.45) is 0. The number of aliphatic hydroxyl groups is 1.